The van der Waals surface area contributed by atoms with E-state index in [-0.39, 0.29) is 5.91 Å². The first kappa shape index (κ1) is 27.4. The van der Waals surface area contributed by atoms with Crippen LogP contribution in [0, 0.1) is 0 Å². The fourth-order valence-electron chi connectivity index (χ4n) is 4.26. The second-order valence-corrected chi connectivity index (χ2v) is 9.35. The molecule has 0 saturated carbocycles. The summed E-state index contributed by atoms with van der Waals surface area (Å²) in [7, 11) is 0. The number of unbranched alkanes of at least 4 members (excludes halogenated alkanes) is 1. The third-order valence-corrected chi connectivity index (χ3v) is 6.61. The number of aryl methyl sites for hydroxylation is 1. The monoisotopic (exact) mass is 518 g/mol. The predicted molar refractivity (Wildman–Crippen MR) is 134 cm³/mol. The van der Waals surface area contributed by atoms with Crippen molar-refractivity contribution in [2.75, 3.05) is 31.6 Å². The van der Waals surface area contributed by atoms with Gasteiger partial charge in [0.25, 0.3) is 0 Å². The van der Waals surface area contributed by atoms with Gasteiger partial charge in [0.1, 0.15) is 5.75 Å². The molecule has 194 valence electrons. The van der Waals surface area contributed by atoms with E-state index in [0.29, 0.717) is 18.1 Å². The number of carbonyl (C=O) groups excluding carboxylic acids is 1. The first-order valence-electron chi connectivity index (χ1n) is 11.9. The van der Waals surface area contributed by atoms with Crippen molar-refractivity contribution in [1.82, 2.24) is 4.90 Å². The molecule has 4 N–H and O–H groups in total. The zero-order valence-electron chi connectivity index (χ0n) is 19.9. The van der Waals surface area contributed by atoms with Crippen LogP contribution in [0.15, 0.2) is 42.5 Å². The fourth-order valence-corrected chi connectivity index (χ4v) is 4.39. The quantitative estimate of drug-likeness (QED) is 0.323. The van der Waals surface area contributed by atoms with E-state index in [2.05, 4.69) is 10.2 Å². The summed E-state index contributed by atoms with van der Waals surface area (Å²) in [5.41, 5.74) is 2.27. The number of fused-ring (bicyclic) bond motifs is 1. The lowest BCUT2D eigenvalue weighted by molar-refractivity contribution is -0.159. The molecule has 36 heavy (non-hydrogen) atoms. The van der Waals surface area contributed by atoms with E-state index in [0.717, 1.165) is 68.7 Å². The minimum Gasteiger partial charge on any atom is -0.494 e. The van der Waals surface area contributed by atoms with Gasteiger partial charge in [0.05, 0.1) is 12.2 Å². The van der Waals surface area contributed by atoms with Gasteiger partial charge in [0, 0.05) is 36.3 Å². The Hall–Kier alpha value is -3.14. The molecule has 1 saturated heterocycles. The van der Waals surface area contributed by atoms with Crippen molar-refractivity contribution in [2.24, 2.45) is 0 Å². The van der Waals surface area contributed by atoms with Crippen LogP contribution >= 0.6 is 11.6 Å². The van der Waals surface area contributed by atoms with E-state index in [1.807, 2.05) is 42.5 Å². The molecule has 1 amide bonds. The number of carboxylic acid groups (broad SMARTS) is 2. The number of nitrogens with zero attached hydrogens (tertiary/aromatic N) is 1. The maximum Gasteiger partial charge on any atom is 0.414 e. The molecule has 9 nitrogen and oxygen atoms in total. The highest BCUT2D eigenvalue weighted by Crippen LogP contribution is 2.33. The molecule has 10 heteroatoms. The van der Waals surface area contributed by atoms with Gasteiger partial charge in [-0.25, -0.2) is 9.59 Å². The molecular formula is C26H31ClN2O7. The Morgan fingerprint density at radius 2 is 1.67 bits per heavy atom. The molecule has 2 aromatic carbocycles. The molecule has 2 aliphatic heterocycles. The summed E-state index contributed by atoms with van der Waals surface area (Å²) in [5, 5.41) is 29.4. The molecule has 0 bridgehead atoms. The summed E-state index contributed by atoms with van der Waals surface area (Å²) in [5.74, 6) is -2.77. The van der Waals surface area contributed by atoms with E-state index in [4.69, 9.17) is 36.1 Å². The zero-order valence-corrected chi connectivity index (χ0v) is 20.7. The van der Waals surface area contributed by atoms with E-state index < -0.39 is 17.5 Å². The summed E-state index contributed by atoms with van der Waals surface area (Å²) in [6.45, 7) is 3.46. The van der Waals surface area contributed by atoms with E-state index in [1.54, 1.807) is 0 Å². The Labute approximate surface area is 214 Å². The van der Waals surface area contributed by atoms with Crippen LogP contribution in [0.3, 0.4) is 0 Å². The number of hydrogen-bond donors (Lipinski definition) is 4. The number of hydrogen-bond acceptors (Lipinski definition) is 6. The third-order valence-electron chi connectivity index (χ3n) is 6.36. The Morgan fingerprint density at radius 3 is 2.31 bits per heavy atom. The highest BCUT2D eigenvalue weighted by molar-refractivity contribution is 6.30. The normalized spacial score (nSPS) is 16.7. The number of carboxylic acids is 2. The number of aliphatic carboxylic acids is 2. The van der Waals surface area contributed by atoms with Gasteiger partial charge in [-0.2, -0.15) is 0 Å². The van der Waals surface area contributed by atoms with Crippen molar-refractivity contribution in [3.63, 3.8) is 0 Å². The van der Waals surface area contributed by atoms with Crippen LogP contribution in [0.1, 0.15) is 43.2 Å². The fraction of sp³-hybridized carbons (Fsp3) is 0.423. The van der Waals surface area contributed by atoms with Gasteiger partial charge in [-0.3, -0.25) is 4.79 Å². The van der Waals surface area contributed by atoms with Crippen LogP contribution in [-0.4, -0.2) is 64.3 Å². The molecule has 0 radical (unpaired) electrons. The number of nitrogens with one attached hydrogen (secondary N) is 1. The zero-order chi connectivity index (χ0) is 26.1. The van der Waals surface area contributed by atoms with Gasteiger partial charge < -0.3 is 30.3 Å². The second-order valence-electron chi connectivity index (χ2n) is 8.91. The topological polar surface area (TPSA) is 136 Å². The Morgan fingerprint density at radius 1 is 1.00 bits per heavy atom. The molecule has 0 spiro atoms. The van der Waals surface area contributed by atoms with Gasteiger partial charge in [0.2, 0.25) is 5.91 Å². The van der Waals surface area contributed by atoms with Crippen LogP contribution < -0.4 is 10.1 Å². The second kappa shape index (κ2) is 12.7. The van der Waals surface area contributed by atoms with Crippen LogP contribution in [-0.2, 0) is 26.4 Å². The number of anilines is 1. The van der Waals surface area contributed by atoms with Gasteiger partial charge >= 0.3 is 11.9 Å². The number of halogens is 1. The first-order chi connectivity index (χ1) is 17.2. The summed E-state index contributed by atoms with van der Waals surface area (Å²) in [4.78, 5) is 32.2. The minimum absolute atomic E-state index is 0.0733. The first-order valence-corrected chi connectivity index (χ1v) is 12.3. The lowest BCUT2D eigenvalue weighted by atomic mass is 9.84. The average Bonchev–Trinajstić information content (AvgIpc) is 2.85. The summed E-state index contributed by atoms with van der Waals surface area (Å²) in [6.07, 6.45) is 4.87. The Kier molecular flexibility index (Phi) is 9.69. The van der Waals surface area contributed by atoms with Crippen molar-refractivity contribution >= 4 is 35.1 Å². The number of rotatable bonds is 7. The van der Waals surface area contributed by atoms with Crippen LogP contribution in [0.2, 0.25) is 5.02 Å². The number of benzene rings is 2. The van der Waals surface area contributed by atoms with E-state index >= 15 is 0 Å². The third kappa shape index (κ3) is 7.94. The van der Waals surface area contributed by atoms with E-state index in [9.17, 15) is 9.90 Å². The number of aliphatic hydroxyl groups is 1. The van der Waals surface area contributed by atoms with Crippen molar-refractivity contribution in [1.29, 1.82) is 0 Å². The highest BCUT2D eigenvalue weighted by Gasteiger charge is 2.33. The van der Waals surface area contributed by atoms with Crippen molar-refractivity contribution < 1.29 is 34.4 Å². The molecule has 2 heterocycles. The molecule has 1 fully saturated rings. The number of amides is 1. The van der Waals surface area contributed by atoms with Gasteiger partial charge in [-0.1, -0.05) is 29.8 Å². The lowest BCUT2D eigenvalue weighted by Gasteiger charge is -2.38. The maximum absolute atomic E-state index is 11.5. The molecule has 2 aromatic rings. The molecule has 0 aliphatic carbocycles. The molecule has 0 atom stereocenters. The predicted octanol–water partition coefficient (Wildman–Crippen LogP) is 3.52. The number of likely N-dealkylation sites (tertiary alicyclic amines) is 1. The number of ether oxygens (including phenoxy) is 1. The average molecular weight is 519 g/mol. The van der Waals surface area contributed by atoms with E-state index in [1.165, 1.54) is 5.56 Å². The molecule has 0 unspecified atom stereocenters. The van der Waals surface area contributed by atoms with Gasteiger partial charge in [-0.05, 0) is 68.0 Å². The maximum atomic E-state index is 11.5. The number of piperidine rings is 1. The van der Waals surface area contributed by atoms with Crippen LogP contribution in [0.25, 0.3) is 0 Å². The molecule has 2 aliphatic rings. The van der Waals surface area contributed by atoms with Crippen molar-refractivity contribution in [2.45, 2.75) is 44.1 Å². The highest BCUT2D eigenvalue weighted by atomic mass is 35.5. The molecular weight excluding hydrogens is 488 g/mol. The van der Waals surface area contributed by atoms with Crippen LogP contribution in [0.5, 0.6) is 5.75 Å². The molecule has 0 aromatic heterocycles. The van der Waals surface area contributed by atoms with Crippen molar-refractivity contribution in [3.8, 4) is 5.75 Å². The van der Waals surface area contributed by atoms with Gasteiger partial charge in [0.15, 0.2) is 0 Å². The van der Waals surface area contributed by atoms with Crippen LogP contribution in [0.4, 0.5) is 5.69 Å². The smallest absolute Gasteiger partial charge is 0.414 e. The summed E-state index contributed by atoms with van der Waals surface area (Å²) >= 11 is 5.96. The van der Waals surface area contributed by atoms with Gasteiger partial charge in [-0.15, -0.1) is 0 Å². The SMILES string of the molecule is O=C(O)C(=O)O.O=C1CCc2ccc(OCCCCN3CCC(O)(c4ccc(Cl)cc4)CC3)cc2N1. The molecule has 4 rings (SSSR count). The summed E-state index contributed by atoms with van der Waals surface area (Å²) in [6, 6.07) is 13.5. The van der Waals surface area contributed by atoms with Crippen molar-refractivity contribution in [3.05, 3.63) is 58.6 Å². The largest absolute Gasteiger partial charge is 0.494 e. The Balaban J connectivity index is 0.000000538. The number of carbonyl (C=O) groups is 3. The Bertz CT molecular complexity index is 1050. The minimum atomic E-state index is -1.82. The standard InChI is InChI=1S/C24H29ClN2O3.C2H2O4/c25-20-7-5-19(6-8-20)24(29)11-14-27(15-12-24)13-1-2-16-30-21-9-3-18-4-10-23(28)26-22(18)17-21;3-1(4)2(5)6/h3,5-9,17,29H,1-2,4,10-16H2,(H,26,28);(H,3,4)(H,5,6). The summed E-state index contributed by atoms with van der Waals surface area (Å²) < 4.78 is 5.88. The lowest BCUT2D eigenvalue weighted by Crippen LogP contribution is -2.42.